The van der Waals surface area contributed by atoms with Crippen LogP contribution in [-0.4, -0.2) is 17.9 Å². The van der Waals surface area contributed by atoms with Gasteiger partial charge in [0.15, 0.2) is 0 Å². The van der Waals surface area contributed by atoms with E-state index in [1.807, 2.05) is 36.4 Å². The molecule has 0 aliphatic heterocycles. The second-order valence-electron chi connectivity index (χ2n) is 3.85. The summed E-state index contributed by atoms with van der Waals surface area (Å²) in [5.74, 6) is -0.182. The topological polar surface area (TPSA) is 54.0 Å². The highest BCUT2D eigenvalue weighted by molar-refractivity contribution is 5.92. The number of hydrogen-bond acceptors (Lipinski definition) is 3. The van der Waals surface area contributed by atoms with E-state index in [0.29, 0.717) is 5.69 Å². The van der Waals surface area contributed by atoms with Gasteiger partial charge in [-0.05, 0) is 17.7 Å². The second kappa shape index (κ2) is 5.82. The maximum atomic E-state index is 11.4. The monoisotopic (exact) mass is 241 g/mol. The smallest absolute Gasteiger partial charge is 0.269 e. The number of amides is 1. The molecule has 0 radical (unpaired) electrons. The van der Waals surface area contributed by atoms with Gasteiger partial charge in [-0.1, -0.05) is 30.3 Å². The van der Waals surface area contributed by atoms with Gasteiger partial charge in [0, 0.05) is 25.5 Å². The summed E-state index contributed by atoms with van der Waals surface area (Å²) >= 11 is 0. The zero-order chi connectivity index (χ0) is 12.8. The molecule has 0 fully saturated rings. The average molecular weight is 241 g/mol. The summed E-state index contributed by atoms with van der Waals surface area (Å²) in [6.07, 6.45) is 1.62. The molecular weight excluding hydrogens is 226 g/mol. The lowest BCUT2D eigenvalue weighted by Gasteiger charge is -2.07. The molecule has 0 saturated heterocycles. The largest absolute Gasteiger partial charge is 0.381 e. The molecule has 4 heteroatoms. The van der Waals surface area contributed by atoms with Crippen LogP contribution in [-0.2, 0) is 6.54 Å². The van der Waals surface area contributed by atoms with Gasteiger partial charge in [-0.3, -0.25) is 9.78 Å². The fourth-order valence-corrected chi connectivity index (χ4v) is 1.59. The van der Waals surface area contributed by atoms with Crippen LogP contribution < -0.4 is 10.6 Å². The van der Waals surface area contributed by atoms with Crippen LogP contribution in [0.2, 0.25) is 0 Å². The molecule has 4 nitrogen and oxygen atoms in total. The van der Waals surface area contributed by atoms with Gasteiger partial charge in [0.25, 0.3) is 5.91 Å². The molecule has 0 bridgehead atoms. The number of nitrogens with one attached hydrogen (secondary N) is 2. The number of rotatable bonds is 4. The maximum Gasteiger partial charge on any atom is 0.269 e. The summed E-state index contributed by atoms with van der Waals surface area (Å²) in [6.45, 7) is 0.720. The van der Waals surface area contributed by atoms with Gasteiger partial charge in [0.1, 0.15) is 5.69 Å². The van der Waals surface area contributed by atoms with Crippen molar-refractivity contribution in [2.75, 3.05) is 12.4 Å². The molecule has 0 spiro atoms. The standard InChI is InChI=1S/C14H15N3O/c1-15-14(18)13-9-12(7-8-16-13)17-10-11-5-3-2-4-6-11/h2-9H,10H2,1H3,(H,15,18)(H,16,17). The number of benzene rings is 1. The lowest BCUT2D eigenvalue weighted by atomic mass is 10.2. The van der Waals surface area contributed by atoms with Gasteiger partial charge < -0.3 is 10.6 Å². The number of carbonyl (C=O) groups excluding carboxylic acids is 1. The Morgan fingerprint density at radius 3 is 2.72 bits per heavy atom. The number of pyridine rings is 1. The number of aromatic nitrogens is 1. The molecule has 18 heavy (non-hydrogen) atoms. The third-order valence-electron chi connectivity index (χ3n) is 2.56. The summed E-state index contributed by atoms with van der Waals surface area (Å²) in [5, 5.41) is 5.81. The highest BCUT2D eigenvalue weighted by atomic mass is 16.1. The van der Waals surface area contributed by atoms with E-state index in [0.717, 1.165) is 12.2 Å². The van der Waals surface area contributed by atoms with E-state index in [9.17, 15) is 4.79 Å². The summed E-state index contributed by atoms with van der Waals surface area (Å²) in [6, 6.07) is 13.7. The second-order valence-corrected chi connectivity index (χ2v) is 3.85. The predicted octanol–water partition coefficient (Wildman–Crippen LogP) is 2.05. The summed E-state index contributed by atoms with van der Waals surface area (Å²) in [5.41, 5.74) is 2.49. The first-order chi connectivity index (χ1) is 8.79. The Labute approximate surface area is 106 Å². The molecule has 92 valence electrons. The number of anilines is 1. The van der Waals surface area contributed by atoms with Gasteiger partial charge in [0.05, 0.1) is 0 Å². The van der Waals surface area contributed by atoms with Crippen LogP contribution in [0.1, 0.15) is 16.1 Å². The minimum Gasteiger partial charge on any atom is -0.381 e. The van der Waals surface area contributed by atoms with Crippen LogP contribution in [0.3, 0.4) is 0 Å². The van der Waals surface area contributed by atoms with Crippen molar-refractivity contribution in [3.8, 4) is 0 Å². The van der Waals surface area contributed by atoms with Crippen LogP contribution in [0.15, 0.2) is 48.7 Å². The molecule has 1 aromatic carbocycles. The van der Waals surface area contributed by atoms with Crippen LogP contribution >= 0.6 is 0 Å². The fraction of sp³-hybridized carbons (Fsp3) is 0.143. The van der Waals surface area contributed by atoms with E-state index < -0.39 is 0 Å². The van der Waals surface area contributed by atoms with Crippen molar-refractivity contribution < 1.29 is 4.79 Å². The van der Waals surface area contributed by atoms with E-state index in [1.54, 1.807) is 19.3 Å². The maximum absolute atomic E-state index is 11.4. The average Bonchev–Trinajstić information content (AvgIpc) is 2.45. The fourth-order valence-electron chi connectivity index (χ4n) is 1.59. The SMILES string of the molecule is CNC(=O)c1cc(NCc2ccccc2)ccn1. The van der Waals surface area contributed by atoms with Crippen molar-refractivity contribution in [2.45, 2.75) is 6.54 Å². The van der Waals surface area contributed by atoms with Crippen LogP contribution in [0.5, 0.6) is 0 Å². The molecule has 1 aromatic heterocycles. The van der Waals surface area contributed by atoms with Crippen molar-refractivity contribution in [1.29, 1.82) is 0 Å². The molecular formula is C14H15N3O. The van der Waals surface area contributed by atoms with E-state index in [2.05, 4.69) is 15.6 Å². The highest BCUT2D eigenvalue weighted by Crippen LogP contribution is 2.10. The zero-order valence-electron chi connectivity index (χ0n) is 10.2. The summed E-state index contributed by atoms with van der Waals surface area (Å²) < 4.78 is 0. The first-order valence-corrected chi connectivity index (χ1v) is 5.75. The Balaban J connectivity index is 2.04. The van der Waals surface area contributed by atoms with E-state index in [-0.39, 0.29) is 5.91 Å². The minimum atomic E-state index is -0.182. The number of nitrogens with zero attached hydrogens (tertiary/aromatic N) is 1. The van der Waals surface area contributed by atoms with Crippen molar-refractivity contribution in [3.05, 3.63) is 59.9 Å². The van der Waals surface area contributed by atoms with E-state index in [4.69, 9.17) is 0 Å². The van der Waals surface area contributed by atoms with Crippen LogP contribution in [0.25, 0.3) is 0 Å². The molecule has 0 atom stereocenters. The lowest BCUT2D eigenvalue weighted by Crippen LogP contribution is -2.19. The molecule has 0 aliphatic carbocycles. The van der Waals surface area contributed by atoms with Crippen LogP contribution in [0.4, 0.5) is 5.69 Å². The first-order valence-electron chi connectivity index (χ1n) is 5.75. The highest BCUT2D eigenvalue weighted by Gasteiger charge is 2.04. The predicted molar refractivity (Wildman–Crippen MR) is 71.4 cm³/mol. The van der Waals surface area contributed by atoms with Crippen LogP contribution in [0, 0.1) is 0 Å². The molecule has 0 unspecified atom stereocenters. The molecule has 2 aromatic rings. The van der Waals surface area contributed by atoms with Crippen molar-refractivity contribution >= 4 is 11.6 Å². The Kier molecular flexibility index (Phi) is 3.91. The van der Waals surface area contributed by atoms with Gasteiger partial charge in [-0.15, -0.1) is 0 Å². The molecule has 1 heterocycles. The summed E-state index contributed by atoms with van der Waals surface area (Å²) in [7, 11) is 1.59. The number of hydrogen-bond donors (Lipinski definition) is 2. The quantitative estimate of drug-likeness (QED) is 0.861. The summed E-state index contributed by atoms with van der Waals surface area (Å²) in [4.78, 5) is 15.5. The minimum absolute atomic E-state index is 0.182. The van der Waals surface area contributed by atoms with Gasteiger partial charge in [-0.2, -0.15) is 0 Å². The third-order valence-corrected chi connectivity index (χ3v) is 2.56. The van der Waals surface area contributed by atoms with Crippen molar-refractivity contribution in [3.63, 3.8) is 0 Å². The Hall–Kier alpha value is -2.36. The molecule has 2 N–H and O–H groups in total. The van der Waals surface area contributed by atoms with Gasteiger partial charge >= 0.3 is 0 Å². The van der Waals surface area contributed by atoms with E-state index in [1.165, 1.54) is 5.56 Å². The Morgan fingerprint density at radius 1 is 1.22 bits per heavy atom. The van der Waals surface area contributed by atoms with Crippen molar-refractivity contribution in [2.24, 2.45) is 0 Å². The Morgan fingerprint density at radius 2 is 2.00 bits per heavy atom. The van der Waals surface area contributed by atoms with E-state index >= 15 is 0 Å². The lowest BCUT2D eigenvalue weighted by molar-refractivity contribution is 0.0958. The molecule has 2 rings (SSSR count). The number of carbonyl (C=O) groups is 1. The molecule has 1 amide bonds. The third kappa shape index (κ3) is 3.07. The normalized spacial score (nSPS) is 9.83. The Bertz CT molecular complexity index is 526. The van der Waals surface area contributed by atoms with Gasteiger partial charge in [0.2, 0.25) is 0 Å². The molecule has 0 aliphatic rings. The van der Waals surface area contributed by atoms with Crippen molar-refractivity contribution in [1.82, 2.24) is 10.3 Å². The van der Waals surface area contributed by atoms with Gasteiger partial charge in [-0.25, -0.2) is 0 Å². The molecule has 0 saturated carbocycles. The first kappa shape index (κ1) is 12.1. The zero-order valence-corrected chi connectivity index (χ0v) is 10.2.